The summed E-state index contributed by atoms with van der Waals surface area (Å²) in [5.41, 5.74) is 21.5. The molecule has 8 heteroatoms. The standard InChI is InChI=1S/2C7H16N2O2/c2*1-5(8)3-2-4-6(9)7(10)11/h2*5-6H,2-4,8-9H2,1H3,(H,10,11)/t5?,6-;/m0./s1. The Morgan fingerprint density at radius 2 is 1.00 bits per heavy atom. The molecule has 8 nitrogen and oxygen atoms in total. The van der Waals surface area contributed by atoms with E-state index in [4.69, 9.17) is 33.1 Å². The van der Waals surface area contributed by atoms with Gasteiger partial charge >= 0.3 is 11.9 Å². The van der Waals surface area contributed by atoms with Gasteiger partial charge in [0.05, 0.1) is 0 Å². The van der Waals surface area contributed by atoms with Gasteiger partial charge in [0.2, 0.25) is 0 Å². The molecule has 0 spiro atoms. The molecular formula is C14H32N4O4. The molecule has 0 saturated carbocycles. The highest BCUT2D eigenvalue weighted by molar-refractivity contribution is 5.73. The Balaban J connectivity index is 0. The van der Waals surface area contributed by atoms with Crippen LogP contribution in [0.25, 0.3) is 0 Å². The van der Waals surface area contributed by atoms with Crippen molar-refractivity contribution in [2.24, 2.45) is 22.9 Å². The highest BCUT2D eigenvalue weighted by atomic mass is 16.4. The molecular weight excluding hydrogens is 288 g/mol. The molecule has 0 aromatic carbocycles. The van der Waals surface area contributed by atoms with Gasteiger partial charge in [-0.15, -0.1) is 0 Å². The Bertz CT molecular complexity index is 281. The van der Waals surface area contributed by atoms with Crippen molar-refractivity contribution in [1.82, 2.24) is 0 Å². The quantitative estimate of drug-likeness (QED) is 0.321. The minimum Gasteiger partial charge on any atom is -0.480 e. The number of hydrogen-bond donors (Lipinski definition) is 6. The van der Waals surface area contributed by atoms with E-state index < -0.39 is 24.0 Å². The van der Waals surface area contributed by atoms with Crippen LogP contribution in [0.2, 0.25) is 0 Å². The molecule has 0 aromatic heterocycles. The minimum absolute atomic E-state index is 0.135. The second-order valence-corrected chi connectivity index (χ2v) is 5.71. The average molecular weight is 320 g/mol. The summed E-state index contributed by atoms with van der Waals surface area (Å²) in [7, 11) is 0. The predicted molar refractivity (Wildman–Crippen MR) is 86.2 cm³/mol. The number of carbonyl (C=O) groups is 2. The van der Waals surface area contributed by atoms with Crippen molar-refractivity contribution >= 4 is 11.9 Å². The number of hydrogen-bond acceptors (Lipinski definition) is 6. The van der Waals surface area contributed by atoms with Crippen LogP contribution in [0.4, 0.5) is 0 Å². The molecule has 0 rings (SSSR count). The lowest BCUT2D eigenvalue weighted by atomic mass is 10.1. The van der Waals surface area contributed by atoms with E-state index in [1.807, 2.05) is 13.8 Å². The zero-order valence-electron chi connectivity index (χ0n) is 13.6. The van der Waals surface area contributed by atoms with Crippen LogP contribution in [0, 0.1) is 0 Å². The molecule has 0 aliphatic rings. The van der Waals surface area contributed by atoms with Gasteiger partial charge in [0.15, 0.2) is 0 Å². The summed E-state index contributed by atoms with van der Waals surface area (Å²) in [6, 6.07) is -1.19. The molecule has 0 bridgehead atoms. The van der Waals surface area contributed by atoms with E-state index in [1.165, 1.54) is 0 Å². The molecule has 132 valence electrons. The van der Waals surface area contributed by atoms with Crippen LogP contribution in [0.15, 0.2) is 0 Å². The lowest BCUT2D eigenvalue weighted by molar-refractivity contribution is -0.139. The molecule has 4 atom stereocenters. The SMILES string of the molecule is CC(N)CCCC(N)C(=O)O.CC(N)CCC[C@H](N)C(=O)O. The first-order valence-corrected chi connectivity index (χ1v) is 7.55. The Kier molecular flexibility index (Phi) is 14.1. The van der Waals surface area contributed by atoms with Crippen LogP contribution in [-0.2, 0) is 9.59 Å². The van der Waals surface area contributed by atoms with E-state index in [1.54, 1.807) is 0 Å². The molecule has 0 amide bonds. The minimum atomic E-state index is -0.935. The Hall–Kier alpha value is -1.22. The van der Waals surface area contributed by atoms with E-state index in [0.29, 0.717) is 12.8 Å². The highest BCUT2D eigenvalue weighted by Crippen LogP contribution is 2.01. The normalized spacial score (nSPS) is 15.9. The van der Waals surface area contributed by atoms with Gasteiger partial charge in [-0.1, -0.05) is 0 Å². The number of rotatable bonds is 10. The van der Waals surface area contributed by atoms with Gasteiger partial charge in [0.1, 0.15) is 12.1 Å². The topological polar surface area (TPSA) is 179 Å². The van der Waals surface area contributed by atoms with Crippen molar-refractivity contribution < 1.29 is 19.8 Å². The number of nitrogens with two attached hydrogens (primary N) is 4. The maximum atomic E-state index is 10.2. The second-order valence-electron chi connectivity index (χ2n) is 5.71. The molecule has 0 aromatic rings. The zero-order chi connectivity index (χ0) is 17.7. The first-order chi connectivity index (χ1) is 10.1. The highest BCUT2D eigenvalue weighted by Gasteiger charge is 2.11. The smallest absolute Gasteiger partial charge is 0.320 e. The molecule has 0 aliphatic carbocycles. The number of aliphatic carboxylic acids is 2. The van der Waals surface area contributed by atoms with E-state index in [9.17, 15) is 9.59 Å². The summed E-state index contributed by atoms with van der Waals surface area (Å²) in [6.45, 7) is 3.79. The molecule has 22 heavy (non-hydrogen) atoms. The maximum absolute atomic E-state index is 10.2. The molecule has 0 fully saturated rings. The molecule has 0 saturated heterocycles. The summed E-state index contributed by atoms with van der Waals surface area (Å²) in [6.07, 6.45) is 4.26. The molecule has 0 aliphatic heterocycles. The van der Waals surface area contributed by atoms with Gasteiger partial charge in [-0.05, 0) is 52.4 Å². The van der Waals surface area contributed by atoms with E-state index in [2.05, 4.69) is 0 Å². The van der Waals surface area contributed by atoms with Gasteiger partial charge in [-0.3, -0.25) is 9.59 Å². The van der Waals surface area contributed by atoms with Gasteiger partial charge in [-0.2, -0.15) is 0 Å². The van der Waals surface area contributed by atoms with Crippen LogP contribution in [0.1, 0.15) is 52.4 Å². The Labute approximate surface area is 132 Å². The van der Waals surface area contributed by atoms with Gasteiger partial charge < -0.3 is 33.1 Å². The fourth-order valence-corrected chi connectivity index (χ4v) is 1.57. The summed E-state index contributed by atoms with van der Waals surface area (Å²) in [4.78, 5) is 20.4. The van der Waals surface area contributed by atoms with Crippen LogP contribution in [-0.4, -0.2) is 46.3 Å². The monoisotopic (exact) mass is 320 g/mol. The lowest BCUT2D eigenvalue weighted by Crippen LogP contribution is -2.30. The van der Waals surface area contributed by atoms with Crippen molar-refractivity contribution in [2.45, 2.75) is 76.5 Å². The molecule has 10 N–H and O–H groups in total. The third-order valence-electron chi connectivity index (χ3n) is 2.98. The summed E-state index contributed by atoms with van der Waals surface area (Å²) < 4.78 is 0. The van der Waals surface area contributed by atoms with E-state index in [-0.39, 0.29) is 12.1 Å². The van der Waals surface area contributed by atoms with Crippen LogP contribution in [0.3, 0.4) is 0 Å². The molecule has 0 radical (unpaired) electrons. The summed E-state index contributed by atoms with van der Waals surface area (Å²) in [5.74, 6) is -1.87. The Morgan fingerprint density at radius 3 is 1.18 bits per heavy atom. The third kappa shape index (κ3) is 16.8. The second kappa shape index (κ2) is 13.4. The van der Waals surface area contributed by atoms with Gasteiger partial charge in [0, 0.05) is 12.1 Å². The largest absolute Gasteiger partial charge is 0.480 e. The third-order valence-corrected chi connectivity index (χ3v) is 2.98. The Morgan fingerprint density at radius 1 is 0.727 bits per heavy atom. The van der Waals surface area contributed by atoms with Gasteiger partial charge in [-0.25, -0.2) is 0 Å². The number of carboxylic acids is 2. The van der Waals surface area contributed by atoms with Gasteiger partial charge in [0.25, 0.3) is 0 Å². The lowest BCUT2D eigenvalue weighted by Gasteiger charge is -2.07. The maximum Gasteiger partial charge on any atom is 0.320 e. The fourth-order valence-electron chi connectivity index (χ4n) is 1.57. The first kappa shape index (κ1) is 23.1. The number of carboxylic acid groups (broad SMARTS) is 2. The summed E-state index contributed by atoms with van der Waals surface area (Å²) >= 11 is 0. The average Bonchev–Trinajstić information content (AvgIpc) is 2.38. The van der Waals surface area contributed by atoms with Crippen molar-refractivity contribution in [3.05, 3.63) is 0 Å². The van der Waals surface area contributed by atoms with Crippen molar-refractivity contribution in [2.75, 3.05) is 0 Å². The molecule has 0 heterocycles. The van der Waals surface area contributed by atoms with E-state index in [0.717, 1.165) is 25.7 Å². The van der Waals surface area contributed by atoms with Crippen molar-refractivity contribution in [3.8, 4) is 0 Å². The fraction of sp³-hybridized carbons (Fsp3) is 0.857. The summed E-state index contributed by atoms with van der Waals surface area (Å²) in [5, 5.41) is 16.8. The first-order valence-electron chi connectivity index (χ1n) is 7.55. The van der Waals surface area contributed by atoms with Crippen LogP contribution >= 0.6 is 0 Å². The molecule has 3 unspecified atom stereocenters. The predicted octanol–water partition coefficient (Wildman–Crippen LogP) is -0.168. The van der Waals surface area contributed by atoms with Crippen molar-refractivity contribution in [1.29, 1.82) is 0 Å². The van der Waals surface area contributed by atoms with E-state index >= 15 is 0 Å². The van der Waals surface area contributed by atoms with Crippen LogP contribution in [0.5, 0.6) is 0 Å². The van der Waals surface area contributed by atoms with Crippen molar-refractivity contribution in [3.63, 3.8) is 0 Å². The van der Waals surface area contributed by atoms with Crippen LogP contribution < -0.4 is 22.9 Å². The zero-order valence-corrected chi connectivity index (χ0v) is 13.6.